The second-order valence-electron chi connectivity index (χ2n) is 6.47. The van der Waals surface area contributed by atoms with E-state index in [1.165, 1.54) is 23.1 Å². The van der Waals surface area contributed by atoms with Gasteiger partial charge in [-0.05, 0) is 25.0 Å². The van der Waals surface area contributed by atoms with Crippen LogP contribution in [0.4, 0.5) is 5.00 Å². The molecule has 1 saturated carbocycles. The lowest BCUT2D eigenvalue weighted by molar-refractivity contribution is -0.118. The number of aromatic nitrogens is 1. The van der Waals surface area contributed by atoms with Gasteiger partial charge in [-0.2, -0.15) is 0 Å². The number of thiazole rings is 1. The molecule has 142 valence electrons. The van der Waals surface area contributed by atoms with Gasteiger partial charge in [-0.15, -0.1) is 0 Å². The molecule has 7 heteroatoms. The molecule has 0 radical (unpaired) electrons. The van der Waals surface area contributed by atoms with Crippen molar-refractivity contribution < 1.29 is 9.59 Å². The minimum atomic E-state index is -0.176. The Labute approximate surface area is 171 Å². The molecule has 1 fully saturated rings. The van der Waals surface area contributed by atoms with Crippen molar-refractivity contribution in [2.75, 3.05) is 11.1 Å². The molecule has 1 heterocycles. The van der Waals surface area contributed by atoms with Crippen molar-refractivity contribution in [1.29, 1.82) is 0 Å². The second kappa shape index (κ2) is 8.58. The van der Waals surface area contributed by atoms with Gasteiger partial charge in [0.05, 0.1) is 5.75 Å². The Morgan fingerprint density at radius 2 is 1.71 bits per heavy atom. The van der Waals surface area contributed by atoms with Crippen molar-refractivity contribution in [3.63, 3.8) is 0 Å². The molecule has 0 saturated heterocycles. The zero-order valence-electron chi connectivity index (χ0n) is 15.1. The predicted octanol–water partition coefficient (Wildman–Crippen LogP) is 4.43. The second-order valence-corrected chi connectivity index (χ2v) is 8.70. The first-order valence-corrected chi connectivity index (χ1v) is 10.8. The van der Waals surface area contributed by atoms with Gasteiger partial charge in [0.1, 0.15) is 10.7 Å². The van der Waals surface area contributed by atoms with Crippen LogP contribution in [0.2, 0.25) is 0 Å². The van der Waals surface area contributed by atoms with Crippen molar-refractivity contribution in [2.24, 2.45) is 0 Å². The summed E-state index contributed by atoms with van der Waals surface area (Å²) in [6, 6.07) is 19.2. The summed E-state index contributed by atoms with van der Waals surface area (Å²) in [6.07, 6.45) is 2.14. The molecule has 2 N–H and O–H groups in total. The molecule has 1 aliphatic carbocycles. The van der Waals surface area contributed by atoms with Crippen LogP contribution in [0.15, 0.2) is 65.0 Å². The van der Waals surface area contributed by atoms with Crippen LogP contribution in [0.5, 0.6) is 0 Å². The Morgan fingerprint density at radius 3 is 2.39 bits per heavy atom. The number of anilines is 1. The third-order valence-corrected chi connectivity index (χ3v) is 6.30. The number of benzene rings is 2. The third kappa shape index (κ3) is 4.79. The summed E-state index contributed by atoms with van der Waals surface area (Å²) in [5, 5.41) is 6.64. The van der Waals surface area contributed by atoms with E-state index in [0.29, 0.717) is 22.4 Å². The number of carbonyl (C=O) groups is 2. The lowest BCUT2D eigenvalue weighted by Gasteiger charge is -2.05. The lowest BCUT2D eigenvalue weighted by Crippen LogP contribution is -2.26. The number of nitrogens with zero attached hydrogens (tertiary/aromatic N) is 1. The van der Waals surface area contributed by atoms with Gasteiger partial charge in [0.2, 0.25) is 5.91 Å². The molecule has 0 bridgehead atoms. The van der Waals surface area contributed by atoms with Gasteiger partial charge >= 0.3 is 0 Å². The summed E-state index contributed by atoms with van der Waals surface area (Å²) in [5.41, 5.74) is 2.24. The van der Waals surface area contributed by atoms with E-state index in [2.05, 4.69) is 15.6 Å². The Bertz CT molecular complexity index is 970. The topological polar surface area (TPSA) is 71.1 Å². The molecule has 2 aromatic carbocycles. The Balaban J connectivity index is 1.53. The lowest BCUT2D eigenvalue weighted by atomic mass is 10.1. The number of hydrogen-bond acceptors (Lipinski definition) is 5. The van der Waals surface area contributed by atoms with Crippen LogP contribution in [0.1, 0.15) is 23.2 Å². The van der Waals surface area contributed by atoms with E-state index in [0.717, 1.165) is 28.4 Å². The normalized spacial score (nSPS) is 13.1. The standard InChI is InChI=1S/C21H19N3O2S2/c25-17(22-16-11-12-16)13-27-21-23-18(14-7-3-1-4-8-14)20(28-21)24-19(26)15-9-5-2-6-10-15/h1-10,16H,11-13H2,(H,22,25)(H,24,26). The van der Waals surface area contributed by atoms with Crippen molar-refractivity contribution in [1.82, 2.24) is 10.3 Å². The predicted molar refractivity (Wildman–Crippen MR) is 114 cm³/mol. The van der Waals surface area contributed by atoms with Gasteiger partial charge in [-0.1, -0.05) is 71.6 Å². The largest absolute Gasteiger partial charge is 0.353 e. The summed E-state index contributed by atoms with van der Waals surface area (Å²) >= 11 is 2.79. The molecule has 4 rings (SSSR count). The van der Waals surface area contributed by atoms with E-state index in [4.69, 9.17) is 0 Å². The maximum Gasteiger partial charge on any atom is 0.256 e. The molecule has 1 aromatic heterocycles. The molecule has 28 heavy (non-hydrogen) atoms. The maximum absolute atomic E-state index is 12.6. The quantitative estimate of drug-likeness (QED) is 0.566. The minimum absolute atomic E-state index is 0.0267. The zero-order valence-corrected chi connectivity index (χ0v) is 16.7. The first-order valence-electron chi connectivity index (χ1n) is 9.04. The van der Waals surface area contributed by atoms with Crippen molar-refractivity contribution in [3.05, 3.63) is 66.2 Å². The summed E-state index contributed by atoms with van der Waals surface area (Å²) in [5.74, 6) is 0.174. The van der Waals surface area contributed by atoms with Gasteiger partial charge in [0.25, 0.3) is 5.91 Å². The number of rotatable bonds is 7. The molecule has 2 amide bonds. The van der Waals surface area contributed by atoms with Crippen LogP contribution in [0.3, 0.4) is 0 Å². The van der Waals surface area contributed by atoms with E-state index >= 15 is 0 Å². The van der Waals surface area contributed by atoms with Gasteiger partial charge in [-0.3, -0.25) is 9.59 Å². The molecule has 5 nitrogen and oxygen atoms in total. The fraction of sp³-hybridized carbons (Fsp3) is 0.190. The van der Waals surface area contributed by atoms with Crippen molar-refractivity contribution in [2.45, 2.75) is 23.2 Å². The summed E-state index contributed by atoms with van der Waals surface area (Å²) in [7, 11) is 0. The average molecular weight is 410 g/mol. The SMILES string of the molecule is O=C(CSc1nc(-c2ccccc2)c(NC(=O)c2ccccc2)s1)NC1CC1. The Hall–Kier alpha value is -2.64. The number of amides is 2. The molecular formula is C21H19N3O2S2. The molecule has 3 aromatic rings. The highest BCUT2D eigenvalue weighted by molar-refractivity contribution is 8.01. The summed E-state index contributed by atoms with van der Waals surface area (Å²) in [4.78, 5) is 29.2. The first kappa shape index (κ1) is 18.7. The van der Waals surface area contributed by atoms with Crippen LogP contribution >= 0.6 is 23.1 Å². The third-order valence-electron chi connectivity index (χ3n) is 4.19. The van der Waals surface area contributed by atoms with Gasteiger partial charge < -0.3 is 10.6 Å². The number of carbonyl (C=O) groups excluding carboxylic acids is 2. The molecule has 0 atom stereocenters. The number of nitrogens with one attached hydrogen (secondary N) is 2. The zero-order chi connectivity index (χ0) is 19.3. The van der Waals surface area contributed by atoms with Crippen LogP contribution < -0.4 is 10.6 Å². The summed E-state index contributed by atoms with van der Waals surface area (Å²) in [6.45, 7) is 0. The van der Waals surface area contributed by atoms with Crippen LogP contribution in [0.25, 0.3) is 11.3 Å². The van der Waals surface area contributed by atoms with E-state index in [-0.39, 0.29) is 11.8 Å². The minimum Gasteiger partial charge on any atom is -0.353 e. The fourth-order valence-corrected chi connectivity index (χ4v) is 4.50. The fourth-order valence-electron chi connectivity index (χ4n) is 2.63. The Kier molecular flexibility index (Phi) is 5.73. The van der Waals surface area contributed by atoms with E-state index < -0.39 is 0 Å². The highest BCUT2D eigenvalue weighted by Crippen LogP contribution is 2.37. The molecule has 1 aliphatic rings. The van der Waals surface area contributed by atoms with Crippen LogP contribution in [-0.2, 0) is 4.79 Å². The highest BCUT2D eigenvalue weighted by Gasteiger charge is 2.23. The number of hydrogen-bond donors (Lipinski definition) is 2. The van der Waals surface area contributed by atoms with E-state index in [9.17, 15) is 9.59 Å². The van der Waals surface area contributed by atoms with Gasteiger partial charge in [0, 0.05) is 17.2 Å². The van der Waals surface area contributed by atoms with Crippen LogP contribution in [-0.4, -0.2) is 28.6 Å². The van der Waals surface area contributed by atoms with Crippen molar-refractivity contribution >= 4 is 39.9 Å². The van der Waals surface area contributed by atoms with E-state index in [1.54, 1.807) is 12.1 Å². The van der Waals surface area contributed by atoms with Crippen LogP contribution in [0, 0.1) is 0 Å². The molecule has 0 unspecified atom stereocenters. The van der Waals surface area contributed by atoms with Crippen molar-refractivity contribution in [3.8, 4) is 11.3 Å². The summed E-state index contributed by atoms with van der Waals surface area (Å²) < 4.78 is 0.758. The highest BCUT2D eigenvalue weighted by atomic mass is 32.2. The first-order chi connectivity index (χ1) is 13.7. The Morgan fingerprint density at radius 1 is 1.04 bits per heavy atom. The average Bonchev–Trinajstić information content (AvgIpc) is 3.45. The molecular weight excluding hydrogens is 390 g/mol. The maximum atomic E-state index is 12.6. The smallest absolute Gasteiger partial charge is 0.256 e. The van der Waals surface area contributed by atoms with Gasteiger partial charge in [-0.25, -0.2) is 4.98 Å². The molecule has 0 aliphatic heterocycles. The van der Waals surface area contributed by atoms with Gasteiger partial charge in [0.15, 0.2) is 4.34 Å². The number of thioether (sulfide) groups is 1. The molecule has 0 spiro atoms. The van der Waals surface area contributed by atoms with E-state index in [1.807, 2.05) is 48.5 Å². The monoisotopic (exact) mass is 409 g/mol.